The van der Waals surface area contributed by atoms with Crippen LogP contribution < -0.4 is 0 Å². The molecule has 6 nitrogen and oxygen atoms in total. The second-order valence-electron chi connectivity index (χ2n) is 9.64. The molecule has 3 saturated heterocycles. The molecular weight excluding hydrogens is 368 g/mol. The zero-order valence-electron chi connectivity index (χ0n) is 17.7. The largest absolute Gasteiger partial charge is 0.444 e. The number of epoxide rings is 1. The van der Waals surface area contributed by atoms with Crippen LogP contribution in [0.15, 0.2) is 30.3 Å². The molecule has 2 amide bonds. The van der Waals surface area contributed by atoms with Gasteiger partial charge in [-0.2, -0.15) is 0 Å². The molecule has 1 spiro atoms. The van der Waals surface area contributed by atoms with Gasteiger partial charge in [0.05, 0.1) is 12.2 Å². The van der Waals surface area contributed by atoms with Gasteiger partial charge in [0.1, 0.15) is 5.60 Å². The summed E-state index contributed by atoms with van der Waals surface area (Å²) in [6.45, 7) is 9.08. The average Bonchev–Trinajstić information content (AvgIpc) is 3.46. The molecule has 0 unspecified atom stereocenters. The Morgan fingerprint density at radius 1 is 1.07 bits per heavy atom. The van der Waals surface area contributed by atoms with Gasteiger partial charge in [0.2, 0.25) is 5.91 Å². The molecule has 29 heavy (non-hydrogen) atoms. The smallest absolute Gasteiger partial charge is 0.410 e. The molecule has 0 aromatic heterocycles. The van der Waals surface area contributed by atoms with Crippen molar-refractivity contribution >= 4 is 12.0 Å². The summed E-state index contributed by atoms with van der Waals surface area (Å²) in [6.07, 6.45) is 2.24. The number of carbonyl (C=O) groups is 2. The van der Waals surface area contributed by atoms with E-state index in [2.05, 4.69) is 12.1 Å². The molecule has 0 N–H and O–H groups in total. The van der Waals surface area contributed by atoms with E-state index in [0.29, 0.717) is 19.5 Å². The third-order valence-electron chi connectivity index (χ3n) is 6.35. The molecule has 3 fully saturated rings. The van der Waals surface area contributed by atoms with Crippen LogP contribution in [-0.4, -0.2) is 65.8 Å². The summed E-state index contributed by atoms with van der Waals surface area (Å²) in [4.78, 5) is 29.8. The molecular formula is C23H32N2O4. The second kappa shape index (κ2) is 7.63. The monoisotopic (exact) mass is 400 g/mol. The summed E-state index contributed by atoms with van der Waals surface area (Å²) < 4.78 is 11.2. The Balaban J connectivity index is 1.49. The number of nitrogens with zero attached hydrogens (tertiary/aromatic N) is 2. The zero-order chi connectivity index (χ0) is 20.6. The van der Waals surface area contributed by atoms with E-state index in [-0.39, 0.29) is 29.4 Å². The van der Waals surface area contributed by atoms with Crippen molar-refractivity contribution in [3.63, 3.8) is 0 Å². The van der Waals surface area contributed by atoms with Gasteiger partial charge in [0, 0.05) is 38.0 Å². The van der Waals surface area contributed by atoms with Crippen molar-refractivity contribution in [2.45, 2.75) is 57.2 Å². The lowest BCUT2D eigenvalue weighted by atomic mass is 9.79. The number of benzene rings is 1. The van der Waals surface area contributed by atoms with E-state index in [1.54, 1.807) is 4.90 Å². The molecule has 3 aliphatic rings. The van der Waals surface area contributed by atoms with Crippen molar-refractivity contribution in [1.29, 1.82) is 0 Å². The second-order valence-corrected chi connectivity index (χ2v) is 9.64. The number of rotatable bonds is 2. The molecule has 0 radical (unpaired) electrons. The highest BCUT2D eigenvalue weighted by Crippen LogP contribution is 2.40. The first kappa shape index (κ1) is 20.2. The van der Waals surface area contributed by atoms with Gasteiger partial charge in [0.25, 0.3) is 0 Å². The van der Waals surface area contributed by atoms with Crippen LogP contribution in [0.25, 0.3) is 0 Å². The SMILES string of the molecule is CC(C)(C)OC(=O)N1CC[C@H](C(=O)N2CCC3(CC2)CO3)[C@@H](c2ccccc2)C1. The highest BCUT2D eigenvalue weighted by molar-refractivity contribution is 5.81. The minimum atomic E-state index is -0.527. The Hall–Kier alpha value is -2.08. The highest BCUT2D eigenvalue weighted by atomic mass is 16.6. The van der Waals surface area contributed by atoms with Gasteiger partial charge >= 0.3 is 6.09 Å². The van der Waals surface area contributed by atoms with Gasteiger partial charge in [-0.3, -0.25) is 4.79 Å². The van der Waals surface area contributed by atoms with Crippen molar-refractivity contribution in [3.05, 3.63) is 35.9 Å². The van der Waals surface area contributed by atoms with Crippen molar-refractivity contribution in [2.75, 3.05) is 32.8 Å². The third-order valence-corrected chi connectivity index (χ3v) is 6.35. The summed E-state index contributed by atoms with van der Waals surface area (Å²) in [5, 5.41) is 0. The molecule has 158 valence electrons. The van der Waals surface area contributed by atoms with Gasteiger partial charge in [-0.25, -0.2) is 4.79 Å². The van der Waals surface area contributed by atoms with E-state index in [1.165, 1.54) is 0 Å². The summed E-state index contributed by atoms with van der Waals surface area (Å²) in [5.41, 5.74) is 0.647. The summed E-state index contributed by atoms with van der Waals surface area (Å²) in [6, 6.07) is 10.1. The number of amides is 2. The molecule has 1 aromatic rings. The third kappa shape index (κ3) is 4.58. The number of carbonyl (C=O) groups excluding carboxylic acids is 2. The van der Waals surface area contributed by atoms with Crippen LogP contribution in [0.2, 0.25) is 0 Å². The van der Waals surface area contributed by atoms with E-state index in [9.17, 15) is 9.59 Å². The maximum absolute atomic E-state index is 13.4. The van der Waals surface area contributed by atoms with Crippen LogP contribution in [0, 0.1) is 5.92 Å². The molecule has 0 bridgehead atoms. The normalized spacial score (nSPS) is 26.3. The number of ether oxygens (including phenoxy) is 2. The van der Waals surface area contributed by atoms with E-state index >= 15 is 0 Å². The molecule has 1 aromatic carbocycles. The first-order valence-electron chi connectivity index (χ1n) is 10.7. The van der Waals surface area contributed by atoms with Gasteiger partial charge in [0.15, 0.2) is 0 Å². The van der Waals surface area contributed by atoms with Crippen LogP contribution >= 0.6 is 0 Å². The fraction of sp³-hybridized carbons (Fsp3) is 0.652. The van der Waals surface area contributed by atoms with Crippen LogP contribution in [0.3, 0.4) is 0 Å². The zero-order valence-corrected chi connectivity index (χ0v) is 17.7. The maximum atomic E-state index is 13.4. The van der Waals surface area contributed by atoms with Crippen molar-refractivity contribution in [1.82, 2.24) is 9.80 Å². The van der Waals surface area contributed by atoms with E-state index in [1.807, 2.05) is 43.9 Å². The Kier molecular flexibility index (Phi) is 5.32. The van der Waals surface area contributed by atoms with Gasteiger partial charge in [-0.05, 0) is 45.6 Å². The predicted molar refractivity (Wildman–Crippen MR) is 110 cm³/mol. The quantitative estimate of drug-likeness (QED) is 0.714. The number of hydrogen-bond donors (Lipinski definition) is 0. The van der Waals surface area contributed by atoms with E-state index < -0.39 is 5.60 Å². The van der Waals surface area contributed by atoms with Crippen LogP contribution in [0.4, 0.5) is 4.79 Å². The molecule has 4 rings (SSSR count). The Labute approximate surface area is 173 Å². The van der Waals surface area contributed by atoms with Crippen LogP contribution in [0.5, 0.6) is 0 Å². The Bertz CT molecular complexity index is 744. The van der Waals surface area contributed by atoms with Crippen molar-refractivity contribution in [2.24, 2.45) is 5.92 Å². The van der Waals surface area contributed by atoms with Crippen LogP contribution in [-0.2, 0) is 14.3 Å². The molecule has 3 aliphatic heterocycles. The minimum absolute atomic E-state index is 0.0157. The van der Waals surface area contributed by atoms with Crippen LogP contribution in [0.1, 0.15) is 51.5 Å². The molecule has 0 saturated carbocycles. The van der Waals surface area contributed by atoms with E-state index in [4.69, 9.17) is 9.47 Å². The summed E-state index contributed by atoms with van der Waals surface area (Å²) in [7, 11) is 0. The standard InChI is InChI=1S/C23H32N2O4/c1-22(2,3)29-21(27)25-12-9-18(19(15-25)17-7-5-4-6-8-17)20(26)24-13-10-23(11-14-24)16-28-23/h4-8,18-19H,9-16H2,1-3H3/t18-,19+/m0/s1. The van der Waals surface area contributed by atoms with Crippen molar-refractivity contribution in [3.8, 4) is 0 Å². The lowest BCUT2D eigenvalue weighted by molar-refractivity contribution is -0.139. The molecule has 3 heterocycles. The highest BCUT2D eigenvalue weighted by Gasteiger charge is 2.48. The fourth-order valence-corrected chi connectivity index (χ4v) is 4.54. The van der Waals surface area contributed by atoms with Gasteiger partial charge in [-0.15, -0.1) is 0 Å². The number of piperidine rings is 2. The van der Waals surface area contributed by atoms with E-state index in [0.717, 1.165) is 38.1 Å². The fourth-order valence-electron chi connectivity index (χ4n) is 4.54. The topological polar surface area (TPSA) is 62.4 Å². The Morgan fingerprint density at radius 2 is 1.72 bits per heavy atom. The minimum Gasteiger partial charge on any atom is -0.444 e. The molecule has 2 atom stereocenters. The predicted octanol–water partition coefficient (Wildman–Crippen LogP) is 3.42. The lowest BCUT2D eigenvalue weighted by Crippen LogP contribution is -2.51. The molecule has 0 aliphatic carbocycles. The first-order chi connectivity index (χ1) is 13.8. The Morgan fingerprint density at radius 3 is 2.31 bits per heavy atom. The number of likely N-dealkylation sites (tertiary alicyclic amines) is 2. The summed E-state index contributed by atoms with van der Waals surface area (Å²) in [5.74, 6) is 0.0986. The first-order valence-corrected chi connectivity index (χ1v) is 10.7. The number of hydrogen-bond acceptors (Lipinski definition) is 4. The maximum Gasteiger partial charge on any atom is 0.410 e. The average molecular weight is 401 g/mol. The molecule has 6 heteroatoms. The van der Waals surface area contributed by atoms with Gasteiger partial charge in [-0.1, -0.05) is 30.3 Å². The lowest BCUT2D eigenvalue weighted by Gasteiger charge is -2.41. The van der Waals surface area contributed by atoms with Gasteiger partial charge < -0.3 is 19.3 Å². The summed E-state index contributed by atoms with van der Waals surface area (Å²) >= 11 is 0. The van der Waals surface area contributed by atoms with Crippen molar-refractivity contribution < 1.29 is 19.1 Å².